The molecule has 2 aromatic carbocycles. The molecule has 0 aliphatic carbocycles. The first-order valence-corrected chi connectivity index (χ1v) is 7.12. The van der Waals surface area contributed by atoms with Crippen LogP contribution < -0.4 is 10.4 Å². The number of hydrogen-bond donors (Lipinski definition) is 1. The van der Waals surface area contributed by atoms with Crippen LogP contribution in [0, 0.1) is 6.92 Å². The first kappa shape index (κ1) is 14.4. The number of carbonyl (C=O) groups excluding carboxylic acids is 2. The number of rotatable bonds is 2. The Morgan fingerprint density at radius 1 is 1.09 bits per heavy atom. The van der Waals surface area contributed by atoms with Crippen LogP contribution >= 0.6 is 11.6 Å². The van der Waals surface area contributed by atoms with Crippen LogP contribution in [-0.4, -0.2) is 11.8 Å². The molecule has 0 aromatic heterocycles. The van der Waals surface area contributed by atoms with Gasteiger partial charge in [-0.05, 0) is 36.3 Å². The van der Waals surface area contributed by atoms with Gasteiger partial charge in [0.05, 0.1) is 5.69 Å². The van der Waals surface area contributed by atoms with Crippen LogP contribution in [0.1, 0.15) is 11.1 Å². The highest BCUT2D eigenvalue weighted by atomic mass is 35.5. The number of anilines is 1. The Morgan fingerprint density at radius 3 is 2.50 bits per heavy atom. The minimum atomic E-state index is -0.425. The van der Waals surface area contributed by atoms with Gasteiger partial charge in [-0.25, -0.2) is 5.01 Å². The van der Waals surface area contributed by atoms with E-state index in [4.69, 9.17) is 11.6 Å². The van der Waals surface area contributed by atoms with Crippen LogP contribution in [0.5, 0.6) is 0 Å². The van der Waals surface area contributed by atoms with Gasteiger partial charge in [0.25, 0.3) is 11.8 Å². The number of halogens is 1. The maximum atomic E-state index is 12.4. The lowest BCUT2D eigenvalue weighted by Crippen LogP contribution is -2.35. The lowest BCUT2D eigenvalue weighted by Gasteiger charge is -2.15. The van der Waals surface area contributed by atoms with Gasteiger partial charge in [-0.3, -0.25) is 15.0 Å². The fourth-order valence-corrected chi connectivity index (χ4v) is 2.35. The summed E-state index contributed by atoms with van der Waals surface area (Å²) < 4.78 is 0. The van der Waals surface area contributed by atoms with Crippen molar-refractivity contribution >= 4 is 35.2 Å². The van der Waals surface area contributed by atoms with Crippen LogP contribution in [0.3, 0.4) is 0 Å². The third-order valence-electron chi connectivity index (χ3n) is 3.42. The van der Waals surface area contributed by atoms with Crippen LogP contribution in [0.25, 0.3) is 6.08 Å². The molecule has 2 amide bonds. The average molecular weight is 313 g/mol. The van der Waals surface area contributed by atoms with Gasteiger partial charge in [0, 0.05) is 5.02 Å². The van der Waals surface area contributed by atoms with Gasteiger partial charge in [0.15, 0.2) is 0 Å². The summed E-state index contributed by atoms with van der Waals surface area (Å²) in [5.41, 5.74) is 4.89. The molecule has 0 radical (unpaired) electrons. The molecule has 1 saturated heterocycles. The molecule has 0 unspecified atom stereocenters. The van der Waals surface area contributed by atoms with E-state index in [0.29, 0.717) is 10.7 Å². The van der Waals surface area contributed by atoms with Crippen LogP contribution in [0.15, 0.2) is 54.1 Å². The fourth-order valence-electron chi connectivity index (χ4n) is 2.18. The molecule has 22 heavy (non-hydrogen) atoms. The molecule has 4 nitrogen and oxygen atoms in total. The summed E-state index contributed by atoms with van der Waals surface area (Å²) in [6.07, 6.45) is 1.58. The Hall–Kier alpha value is -2.59. The summed E-state index contributed by atoms with van der Waals surface area (Å²) in [6.45, 7) is 1.87. The maximum absolute atomic E-state index is 12.4. The molecule has 3 rings (SSSR count). The number of carbonyl (C=O) groups is 2. The largest absolute Gasteiger partial charge is 0.282 e. The van der Waals surface area contributed by atoms with E-state index < -0.39 is 11.8 Å². The van der Waals surface area contributed by atoms with Crippen molar-refractivity contribution in [1.82, 2.24) is 5.43 Å². The SMILES string of the molecule is Cc1ccc(N2NC(=O)C(=Cc3ccccc3)C2=O)cc1Cl. The Labute approximate surface area is 133 Å². The predicted octanol–water partition coefficient (Wildman–Crippen LogP) is 3.11. The molecule has 0 bridgehead atoms. The number of benzene rings is 2. The molecule has 1 N–H and O–H groups in total. The second-order valence-electron chi connectivity index (χ2n) is 4.98. The number of aryl methyl sites for hydroxylation is 1. The van der Waals surface area contributed by atoms with Crippen molar-refractivity contribution in [2.24, 2.45) is 0 Å². The van der Waals surface area contributed by atoms with Gasteiger partial charge in [0.2, 0.25) is 0 Å². The Kier molecular flexibility index (Phi) is 3.69. The third-order valence-corrected chi connectivity index (χ3v) is 3.82. The van der Waals surface area contributed by atoms with E-state index in [0.717, 1.165) is 11.1 Å². The molecule has 5 heteroatoms. The fraction of sp³-hybridized carbons (Fsp3) is 0.0588. The molecule has 1 aliphatic rings. The number of amides is 2. The third kappa shape index (κ3) is 2.61. The van der Waals surface area contributed by atoms with Crippen molar-refractivity contribution in [3.8, 4) is 0 Å². The van der Waals surface area contributed by atoms with Gasteiger partial charge < -0.3 is 0 Å². The Balaban J connectivity index is 1.94. The van der Waals surface area contributed by atoms with Gasteiger partial charge in [-0.15, -0.1) is 0 Å². The molecule has 1 fully saturated rings. The number of nitrogens with one attached hydrogen (secondary N) is 1. The van der Waals surface area contributed by atoms with Crippen molar-refractivity contribution in [1.29, 1.82) is 0 Å². The van der Waals surface area contributed by atoms with E-state index in [1.54, 1.807) is 24.3 Å². The summed E-state index contributed by atoms with van der Waals surface area (Å²) in [4.78, 5) is 24.5. The molecule has 0 spiro atoms. The van der Waals surface area contributed by atoms with E-state index in [9.17, 15) is 9.59 Å². The van der Waals surface area contributed by atoms with Crippen molar-refractivity contribution in [2.45, 2.75) is 6.92 Å². The summed E-state index contributed by atoms with van der Waals surface area (Å²) in [6, 6.07) is 14.4. The highest BCUT2D eigenvalue weighted by molar-refractivity contribution is 6.33. The normalized spacial score (nSPS) is 16.3. The lowest BCUT2D eigenvalue weighted by molar-refractivity contribution is -0.117. The summed E-state index contributed by atoms with van der Waals surface area (Å²) in [5.74, 6) is -0.820. The van der Waals surface area contributed by atoms with Crippen LogP contribution in [-0.2, 0) is 9.59 Å². The molecule has 0 saturated carbocycles. The van der Waals surface area contributed by atoms with E-state index >= 15 is 0 Å². The first-order chi connectivity index (χ1) is 10.6. The van der Waals surface area contributed by atoms with Crippen molar-refractivity contribution < 1.29 is 9.59 Å². The van der Waals surface area contributed by atoms with Gasteiger partial charge >= 0.3 is 0 Å². The standard InChI is InChI=1S/C17H13ClN2O2/c1-11-7-8-13(10-15(11)18)20-17(22)14(16(21)19-20)9-12-5-3-2-4-6-12/h2-10H,1H3,(H,19,21). The van der Waals surface area contributed by atoms with Crippen LogP contribution in [0.2, 0.25) is 5.02 Å². The van der Waals surface area contributed by atoms with Gasteiger partial charge in [-0.1, -0.05) is 48.0 Å². The second-order valence-corrected chi connectivity index (χ2v) is 5.39. The predicted molar refractivity (Wildman–Crippen MR) is 86.2 cm³/mol. The molecule has 2 aromatic rings. The van der Waals surface area contributed by atoms with E-state index in [2.05, 4.69) is 5.43 Å². The van der Waals surface area contributed by atoms with Gasteiger partial charge in [0.1, 0.15) is 5.57 Å². The van der Waals surface area contributed by atoms with Gasteiger partial charge in [-0.2, -0.15) is 0 Å². The zero-order valence-electron chi connectivity index (χ0n) is 11.8. The highest BCUT2D eigenvalue weighted by Gasteiger charge is 2.34. The summed E-state index contributed by atoms with van der Waals surface area (Å²) in [5, 5.41) is 1.75. The average Bonchev–Trinajstić information content (AvgIpc) is 2.79. The Bertz CT molecular complexity index is 785. The van der Waals surface area contributed by atoms with E-state index in [1.807, 2.05) is 37.3 Å². The lowest BCUT2D eigenvalue weighted by atomic mass is 10.1. The molecule has 0 atom stereocenters. The first-order valence-electron chi connectivity index (χ1n) is 6.74. The van der Waals surface area contributed by atoms with Crippen molar-refractivity contribution in [3.63, 3.8) is 0 Å². The number of hydrogen-bond acceptors (Lipinski definition) is 2. The molecular formula is C17H13ClN2O2. The number of nitrogens with zero attached hydrogens (tertiary/aromatic N) is 1. The molecular weight excluding hydrogens is 300 g/mol. The topological polar surface area (TPSA) is 49.4 Å². The zero-order chi connectivity index (χ0) is 15.7. The quantitative estimate of drug-likeness (QED) is 0.684. The van der Waals surface area contributed by atoms with E-state index in [1.165, 1.54) is 5.01 Å². The maximum Gasteiger partial charge on any atom is 0.282 e. The highest BCUT2D eigenvalue weighted by Crippen LogP contribution is 2.26. The number of hydrazine groups is 1. The summed E-state index contributed by atoms with van der Waals surface area (Å²) in [7, 11) is 0. The Morgan fingerprint density at radius 2 is 1.82 bits per heavy atom. The summed E-state index contributed by atoms with van der Waals surface area (Å²) >= 11 is 6.08. The van der Waals surface area contributed by atoms with E-state index in [-0.39, 0.29) is 5.57 Å². The van der Waals surface area contributed by atoms with Crippen molar-refractivity contribution in [3.05, 3.63) is 70.3 Å². The smallest absolute Gasteiger partial charge is 0.267 e. The molecule has 110 valence electrons. The van der Waals surface area contributed by atoms with Crippen molar-refractivity contribution in [2.75, 3.05) is 5.01 Å². The molecule has 1 aliphatic heterocycles. The second kappa shape index (κ2) is 5.66. The minimum absolute atomic E-state index is 0.0999. The minimum Gasteiger partial charge on any atom is -0.267 e. The molecule has 1 heterocycles. The zero-order valence-corrected chi connectivity index (χ0v) is 12.6. The van der Waals surface area contributed by atoms with Crippen LogP contribution in [0.4, 0.5) is 5.69 Å². The monoisotopic (exact) mass is 312 g/mol.